The summed E-state index contributed by atoms with van der Waals surface area (Å²) in [4.78, 5) is 2.01. The van der Waals surface area contributed by atoms with E-state index < -0.39 is 11.7 Å². The second-order valence-electron chi connectivity index (χ2n) is 4.53. The molecule has 1 aromatic rings. The quantitative estimate of drug-likeness (QED) is 0.811. The Balaban J connectivity index is 2.69. The van der Waals surface area contributed by atoms with Gasteiger partial charge in [0.05, 0.1) is 12.2 Å². The second kappa shape index (κ2) is 6.77. The SMILES string of the molecule is CN(C)CCCOc1ccc(C(F)(F)F)cc1CN. The fraction of sp³-hybridized carbons (Fsp3) is 0.538. The number of hydrogen-bond acceptors (Lipinski definition) is 3. The minimum atomic E-state index is -4.35. The highest BCUT2D eigenvalue weighted by molar-refractivity contribution is 5.38. The molecule has 108 valence electrons. The van der Waals surface area contributed by atoms with Crippen molar-refractivity contribution in [3.8, 4) is 5.75 Å². The van der Waals surface area contributed by atoms with E-state index in [1.807, 2.05) is 19.0 Å². The number of ether oxygens (including phenoxy) is 1. The Kier molecular flexibility index (Phi) is 5.62. The van der Waals surface area contributed by atoms with Crippen LogP contribution in [0.2, 0.25) is 0 Å². The van der Waals surface area contributed by atoms with Crippen molar-refractivity contribution in [1.82, 2.24) is 4.90 Å². The lowest BCUT2D eigenvalue weighted by atomic mass is 10.1. The molecule has 1 aromatic carbocycles. The van der Waals surface area contributed by atoms with Crippen molar-refractivity contribution in [3.63, 3.8) is 0 Å². The molecule has 1 rings (SSSR count). The van der Waals surface area contributed by atoms with Gasteiger partial charge in [-0.25, -0.2) is 0 Å². The fourth-order valence-corrected chi connectivity index (χ4v) is 1.62. The molecule has 0 atom stereocenters. The van der Waals surface area contributed by atoms with Crippen molar-refractivity contribution in [2.45, 2.75) is 19.1 Å². The van der Waals surface area contributed by atoms with Gasteiger partial charge in [-0.2, -0.15) is 13.2 Å². The first-order valence-corrected chi connectivity index (χ1v) is 6.02. The standard InChI is InChI=1S/C13H19F3N2O/c1-18(2)6-3-7-19-12-5-4-11(13(14,15)16)8-10(12)9-17/h4-5,8H,3,6-7,9,17H2,1-2H3. The maximum Gasteiger partial charge on any atom is 0.416 e. The number of hydrogen-bond donors (Lipinski definition) is 1. The zero-order valence-corrected chi connectivity index (χ0v) is 11.1. The minimum absolute atomic E-state index is 0.0208. The first-order valence-electron chi connectivity index (χ1n) is 6.02. The van der Waals surface area contributed by atoms with Crippen LogP contribution in [0, 0.1) is 0 Å². The zero-order chi connectivity index (χ0) is 14.5. The molecular formula is C13H19F3N2O. The summed E-state index contributed by atoms with van der Waals surface area (Å²) in [6.07, 6.45) is -3.55. The predicted octanol–water partition coefficient (Wildman–Crippen LogP) is 2.49. The Morgan fingerprint density at radius 3 is 2.47 bits per heavy atom. The molecule has 0 aliphatic rings. The molecule has 0 unspecified atom stereocenters. The number of rotatable bonds is 6. The smallest absolute Gasteiger partial charge is 0.416 e. The lowest BCUT2D eigenvalue weighted by Crippen LogP contribution is -2.16. The molecule has 19 heavy (non-hydrogen) atoms. The van der Waals surface area contributed by atoms with Crippen molar-refractivity contribution in [2.75, 3.05) is 27.2 Å². The van der Waals surface area contributed by atoms with Gasteiger partial charge in [0, 0.05) is 18.7 Å². The number of benzene rings is 1. The number of halogens is 3. The van der Waals surface area contributed by atoms with E-state index in [0.717, 1.165) is 25.1 Å². The third-order valence-electron chi connectivity index (χ3n) is 2.61. The van der Waals surface area contributed by atoms with E-state index in [9.17, 15) is 13.2 Å². The largest absolute Gasteiger partial charge is 0.493 e. The molecule has 0 saturated carbocycles. The lowest BCUT2D eigenvalue weighted by Gasteiger charge is -2.14. The Morgan fingerprint density at radius 2 is 1.95 bits per heavy atom. The summed E-state index contributed by atoms with van der Waals surface area (Å²) in [7, 11) is 3.90. The maximum atomic E-state index is 12.5. The van der Waals surface area contributed by atoms with E-state index >= 15 is 0 Å². The van der Waals surface area contributed by atoms with E-state index in [2.05, 4.69) is 0 Å². The Hall–Kier alpha value is -1.27. The van der Waals surface area contributed by atoms with Crippen LogP contribution in [-0.4, -0.2) is 32.1 Å². The molecule has 0 amide bonds. The molecule has 0 aliphatic heterocycles. The summed E-state index contributed by atoms with van der Waals surface area (Å²) in [6, 6.07) is 3.39. The minimum Gasteiger partial charge on any atom is -0.493 e. The van der Waals surface area contributed by atoms with Crippen LogP contribution >= 0.6 is 0 Å². The first kappa shape index (κ1) is 15.8. The molecule has 0 aliphatic carbocycles. The Morgan fingerprint density at radius 1 is 1.26 bits per heavy atom. The van der Waals surface area contributed by atoms with Crippen LogP contribution in [0.1, 0.15) is 17.5 Å². The van der Waals surface area contributed by atoms with E-state index in [0.29, 0.717) is 17.9 Å². The van der Waals surface area contributed by atoms with Gasteiger partial charge in [-0.05, 0) is 38.7 Å². The van der Waals surface area contributed by atoms with E-state index in [-0.39, 0.29) is 6.54 Å². The second-order valence-corrected chi connectivity index (χ2v) is 4.53. The van der Waals surface area contributed by atoms with Crippen LogP contribution in [0.15, 0.2) is 18.2 Å². The van der Waals surface area contributed by atoms with Crippen molar-refractivity contribution < 1.29 is 17.9 Å². The molecule has 2 N–H and O–H groups in total. The van der Waals surface area contributed by atoms with Crippen molar-refractivity contribution >= 4 is 0 Å². The third-order valence-corrected chi connectivity index (χ3v) is 2.61. The normalized spacial score (nSPS) is 11.9. The number of alkyl halides is 3. The summed E-state index contributed by atoms with van der Waals surface area (Å²) in [5, 5.41) is 0. The van der Waals surface area contributed by atoms with E-state index in [1.165, 1.54) is 6.07 Å². The van der Waals surface area contributed by atoms with Crippen LogP contribution in [0.5, 0.6) is 5.75 Å². The maximum absolute atomic E-state index is 12.5. The van der Waals surface area contributed by atoms with Gasteiger partial charge < -0.3 is 15.4 Å². The van der Waals surface area contributed by atoms with Crippen molar-refractivity contribution in [1.29, 1.82) is 0 Å². The molecule has 3 nitrogen and oxygen atoms in total. The van der Waals surface area contributed by atoms with E-state index in [4.69, 9.17) is 10.5 Å². The van der Waals surface area contributed by atoms with Crippen LogP contribution in [-0.2, 0) is 12.7 Å². The van der Waals surface area contributed by atoms with Gasteiger partial charge in [0.25, 0.3) is 0 Å². The number of nitrogens with zero attached hydrogens (tertiary/aromatic N) is 1. The summed E-state index contributed by atoms with van der Waals surface area (Å²) < 4.78 is 43.1. The van der Waals surface area contributed by atoms with Gasteiger partial charge in [-0.3, -0.25) is 0 Å². The van der Waals surface area contributed by atoms with Gasteiger partial charge in [0.15, 0.2) is 0 Å². The fourth-order valence-electron chi connectivity index (χ4n) is 1.62. The van der Waals surface area contributed by atoms with Gasteiger partial charge in [-0.1, -0.05) is 0 Å². The summed E-state index contributed by atoms with van der Waals surface area (Å²) >= 11 is 0. The molecular weight excluding hydrogens is 257 g/mol. The van der Waals surface area contributed by atoms with Crippen molar-refractivity contribution in [2.24, 2.45) is 5.73 Å². The molecule has 0 bridgehead atoms. The monoisotopic (exact) mass is 276 g/mol. The molecule has 0 heterocycles. The summed E-state index contributed by atoms with van der Waals surface area (Å²) in [5.74, 6) is 0.425. The lowest BCUT2D eigenvalue weighted by molar-refractivity contribution is -0.137. The molecule has 0 radical (unpaired) electrons. The van der Waals surface area contributed by atoms with Gasteiger partial charge in [-0.15, -0.1) is 0 Å². The van der Waals surface area contributed by atoms with Crippen LogP contribution in [0.25, 0.3) is 0 Å². The zero-order valence-electron chi connectivity index (χ0n) is 11.1. The molecule has 6 heteroatoms. The highest BCUT2D eigenvalue weighted by atomic mass is 19.4. The van der Waals surface area contributed by atoms with Gasteiger partial charge in [0.1, 0.15) is 5.75 Å². The molecule has 0 fully saturated rings. The third kappa shape index (κ3) is 5.08. The summed E-state index contributed by atoms with van der Waals surface area (Å²) in [5.41, 5.74) is 5.13. The highest BCUT2D eigenvalue weighted by Gasteiger charge is 2.30. The van der Waals surface area contributed by atoms with Crippen LogP contribution < -0.4 is 10.5 Å². The average Bonchev–Trinajstić information content (AvgIpc) is 2.33. The molecule has 0 aromatic heterocycles. The first-order chi connectivity index (χ1) is 8.84. The van der Waals surface area contributed by atoms with Gasteiger partial charge in [0.2, 0.25) is 0 Å². The Labute approximate surface area is 111 Å². The topological polar surface area (TPSA) is 38.5 Å². The van der Waals surface area contributed by atoms with E-state index in [1.54, 1.807) is 0 Å². The summed E-state index contributed by atoms with van der Waals surface area (Å²) in [6.45, 7) is 1.34. The van der Waals surface area contributed by atoms with Crippen molar-refractivity contribution in [3.05, 3.63) is 29.3 Å². The van der Waals surface area contributed by atoms with Gasteiger partial charge >= 0.3 is 6.18 Å². The number of nitrogens with two attached hydrogens (primary N) is 1. The van der Waals surface area contributed by atoms with Crippen LogP contribution in [0.3, 0.4) is 0 Å². The highest BCUT2D eigenvalue weighted by Crippen LogP contribution is 2.32. The predicted molar refractivity (Wildman–Crippen MR) is 68.0 cm³/mol. The average molecular weight is 276 g/mol. The van der Waals surface area contributed by atoms with Crippen LogP contribution in [0.4, 0.5) is 13.2 Å². The molecule has 0 saturated heterocycles. The molecule has 0 spiro atoms. The Bertz CT molecular complexity index is 405.